The number of ketones is 1. The fourth-order valence-corrected chi connectivity index (χ4v) is 3.39. The van der Waals surface area contributed by atoms with E-state index in [0.717, 1.165) is 19.3 Å². The van der Waals surface area contributed by atoms with Crippen LogP contribution in [0.2, 0.25) is 0 Å². The van der Waals surface area contributed by atoms with Gasteiger partial charge in [0.15, 0.2) is 0 Å². The molecule has 0 bridgehead atoms. The van der Waals surface area contributed by atoms with Crippen molar-refractivity contribution in [1.82, 2.24) is 0 Å². The van der Waals surface area contributed by atoms with Crippen LogP contribution in [0.1, 0.15) is 64.2 Å². The summed E-state index contributed by atoms with van der Waals surface area (Å²) >= 11 is 0. The molecule has 0 heterocycles. The zero-order chi connectivity index (χ0) is 11.4. The van der Waals surface area contributed by atoms with Gasteiger partial charge in [-0.1, -0.05) is 44.9 Å². The highest BCUT2D eigenvalue weighted by atomic mass is 16.1. The number of carbonyl (C=O) groups is 1. The summed E-state index contributed by atoms with van der Waals surface area (Å²) in [6, 6.07) is 0.149. The van der Waals surface area contributed by atoms with Gasteiger partial charge in [0, 0.05) is 18.4 Å². The molecule has 0 spiro atoms. The summed E-state index contributed by atoms with van der Waals surface area (Å²) < 4.78 is 0. The van der Waals surface area contributed by atoms with Crippen molar-refractivity contribution in [2.45, 2.75) is 70.3 Å². The molecule has 2 atom stereocenters. The smallest absolute Gasteiger partial charge is 0.137 e. The normalized spacial score (nSPS) is 32.6. The highest BCUT2D eigenvalue weighted by Gasteiger charge is 2.29. The molecule has 2 unspecified atom stereocenters. The Labute approximate surface area is 99.0 Å². The molecule has 0 aromatic heterocycles. The van der Waals surface area contributed by atoms with Crippen LogP contribution in [0.4, 0.5) is 0 Å². The van der Waals surface area contributed by atoms with Gasteiger partial charge < -0.3 is 5.73 Å². The Bertz CT molecular complexity index is 233. The summed E-state index contributed by atoms with van der Waals surface area (Å²) in [6.07, 6.45) is 11.8. The Morgan fingerprint density at radius 2 is 1.56 bits per heavy atom. The van der Waals surface area contributed by atoms with Crippen LogP contribution in [0.3, 0.4) is 0 Å². The van der Waals surface area contributed by atoms with Crippen LogP contribution in [0.5, 0.6) is 0 Å². The van der Waals surface area contributed by atoms with Crippen molar-refractivity contribution in [3.63, 3.8) is 0 Å². The third-order valence-electron chi connectivity index (χ3n) is 4.45. The molecular formula is C14H25NO. The van der Waals surface area contributed by atoms with Gasteiger partial charge >= 0.3 is 0 Å². The van der Waals surface area contributed by atoms with Gasteiger partial charge in [0.2, 0.25) is 0 Å². The van der Waals surface area contributed by atoms with E-state index in [1.807, 2.05) is 0 Å². The SMILES string of the molecule is NC1CCCCCC1C(=O)CC1CCCC1. The lowest BCUT2D eigenvalue weighted by Gasteiger charge is -2.21. The van der Waals surface area contributed by atoms with Crippen LogP contribution < -0.4 is 5.73 Å². The van der Waals surface area contributed by atoms with Crippen LogP contribution in [-0.4, -0.2) is 11.8 Å². The zero-order valence-electron chi connectivity index (χ0n) is 10.3. The summed E-state index contributed by atoms with van der Waals surface area (Å²) in [5, 5.41) is 0. The van der Waals surface area contributed by atoms with Crippen molar-refractivity contribution in [3.05, 3.63) is 0 Å². The van der Waals surface area contributed by atoms with Crippen LogP contribution in [0.25, 0.3) is 0 Å². The summed E-state index contributed by atoms with van der Waals surface area (Å²) in [7, 11) is 0. The summed E-state index contributed by atoms with van der Waals surface area (Å²) in [6.45, 7) is 0. The average Bonchev–Trinajstić information content (AvgIpc) is 2.66. The minimum Gasteiger partial charge on any atom is -0.327 e. The number of nitrogens with two attached hydrogens (primary N) is 1. The molecule has 16 heavy (non-hydrogen) atoms. The topological polar surface area (TPSA) is 43.1 Å². The van der Waals surface area contributed by atoms with E-state index in [4.69, 9.17) is 5.73 Å². The van der Waals surface area contributed by atoms with Gasteiger partial charge in [-0.25, -0.2) is 0 Å². The summed E-state index contributed by atoms with van der Waals surface area (Å²) in [5.74, 6) is 1.34. The predicted octanol–water partition coefficient (Wildman–Crippen LogP) is 3.04. The van der Waals surface area contributed by atoms with Crippen molar-refractivity contribution in [3.8, 4) is 0 Å². The van der Waals surface area contributed by atoms with Gasteiger partial charge in [0.1, 0.15) is 5.78 Å². The second kappa shape index (κ2) is 5.81. The maximum atomic E-state index is 12.2. The molecule has 2 N–H and O–H groups in total. The van der Waals surface area contributed by atoms with Crippen LogP contribution in [-0.2, 0) is 4.79 Å². The molecule has 2 fully saturated rings. The largest absolute Gasteiger partial charge is 0.327 e. The van der Waals surface area contributed by atoms with E-state index in [9.17, 15) is 4.79 Å². The number of rotatable bonds is 3. The summed E-state index contributed by atoms with van der Waals surface area (Å²) in [5.41, 5.74) is 6.13. The molecule has 2 saturated carbocycles. The Hall–Kier alpha value is -0.370. The number of hydrogen-bond donors (Lipinski definition) is 1. The Morgan fingerprint density at radius 3 is 2.31 bits per heavy atom. The van der Waals surface area contributed by atoms with Crippen LogP contribution in [0.15, 0.2) is 0 Å². The van der Waals surface area contributed by atoms with Crippen molar-refractivity contribution >= 4 is 5.78 Å². The second-order valence-electron chi connectivity index (χ2n) is 5.73. The van der Waals surface area contributed by atoms with Crippen molar-refractivity contribution < 1.29 is 4.79 Å². The number of hydrogen-bond acceptors (Lipinski definition) is 2. The lowest BCUT2D eigenvalue weighted by molar-refractivity contribution is -0.124. The molecule has 92 valence electrons. The van der Waals surface area contributed by atoms with E-state index >= 15 is 0 Å². The number of carbonyl (C=O) groups excluding carboxylic acids is 1. The third-order valence-corrected chi connectivity index (χ3v) is 4.45. The average molecular weight is 223 g/mol. The first-order chi connectivity index (χ1) is 7.77. The highest BCUT2D eigenvalue weighted by molar-refractivity contribution is 5.82. The lowest BCUT2D eigenvalue weighted by Crippen LogP contribution is -2.35. The quantitative estimate of drug-likeness (QED) is 0.747. The molecule has 2 heteroatoms. The lowest BCUT2D eigenvalue weighted by atomic mass is 9.86. The van der Waals surface area contributed by atoms with Crippen LogP contribution >= 0.6 is 0 Å². The van der Waals surface area contributed by atoms with E-state index < -0.39 is 0 Å². The van der Waals surface area contributed by atoms with Crippen molar-refractivity contribution in [2.24, 2.45) is 17.6 Å². The maximum Gasteiger partial charge on any atom is 0.137 e. The second-order valence-corrected chi connectivity index (χ2v) is 5.73. The first-order valence-electron chi connectivity index (χ1n) is 7.05. The van der Waals surface area contributed by atoms with Gasteiger partial charge in [0.25, 0.3) is 0 Å². The zero-order valence-corrected chi connectivity index (χ0v) is 10.3. The van der Waals surface area contributed by atoms with E-state index in [0.29, 0.717) is 11.7 Å². The molecule has 2 aliphatic carbocycles. The first-order valence-corrected chi connectivity index (χ1v) is 7.05. The van der Waals surface area contributed by atoms with Crippen molar-refractivity contribution in [1.29, 1.82) is 0 Å². The molecule has 0 aromatic rings. The molecule has 0 aromatic carbocycles. The summed E-state index contributed by atoms with van der Waals surface area (Å²) in [4.78, 5) is 12.2. The first kappa shape index (κ1) is 12.1. The highest BCUT2D eigenvalue weighted by Crippen LogP contribution is 2.31. The molecule has 2 aliphatic rings. The molecule has 0 aliphatic heterocycles. The van der Waals surface area contributed by atoms with E-state index in [-0.39, 0.29) is 12.0 Å². The minimum absolute atomic E-state index is 0.149. The monoisotopic (exact) mass is 223 g/mol. The van der Waals surface area contributed by atoms with E-state index in [1.54, 1.807) is 0 Å². The Kier molecular flexibility index (Phi) is 4.39. The minimum atomic E-state index is 0.149. The van der Waals surface area contributed by atoms with E-state index in [2.05, 4.69) is 0 Å². The standard InChI is InChI=1S/C14H25NO/c15-13-9-3-1-2-8-12(13)14(16)10-11-6-4-5-7-11/h11-13H,1-10,15H2. The van der Waals surface area contributed by atoms with Gasteiger partial charge in [-0.2, -0.15) is 0 Å². The van der Waals surface area contributed by atoms with Crippen LogP contribution in [0, 0.1) is 11.8 Å². The van der Waals surface area contributed by atoms with Gasteiger partial charge in [0.05, 0.1) is 0 Å². The Balaban J connectivity index is 1.85. The number of Topliss-reactive ketones (excluding diaryl/α,β-unsaturated/α-hetero) is 1. The molecule has 0 saturated heterocycles. The fourth-order valence-electron chi connectivity index (χ4n) is 3.39. The molecular weight excluding hydrogens is 198 g/mol. The van der Waals surface area contributed by atoms with Gasteiger partial charge in [-0.3, -0.25) is 4.79 Å². The molecule has 2 rings (SSSR count). The Morgan fingerprint density at radius 1 is 0.938 bits per heavy atom. The van der Waals surface area contributed by atoms with Gasteiger partial charge in [-0.05, 0) is 18.8 Å². The molecule has 0 radical (unpaired) electrons. The third kappa shape index (κ3) is 3.07. The molecule has 2 nitrogen and oxygen atoms in total. The van der Waals surface area contributed by atoms with E-state index in [1.165, 1.54) is 44.9 Å². The fraction of sp³-hybridized carbons (Fsp3) is 0.929. The van der Waals surface area contributed by atoms with Crippen molar-refractivity contribution in [2.75, 3.05) is 0 Å². The van der Waals surface area contributed by atoms with Gasteiger partial charge in [-0.15, -0.1) is 0 Å². The predicted molar refractivity (Wildman–Crippen MR) is 66.1 cm³/mol. The maximum absolute atomic E-state index is 12.2. The molecule has 0 amide bonds.